The zero-order valence-electron chi connectivity index (χ0n) is 17.9. The first-order valence-electron chi connectivity index (χ1n) is 10.6. The van der Waals surface area contributed by atoms with Crippen LogP contribution in [0.3, 0.4) is 0 Å². The van der Waals surface area contributed by atoms with Crippen LogP contribution < -0.4 is 10.9 Å². The molecule has 0 aliphatic heterocycles. The summed E-state index contributed by atoms with van der Waals surface area (Å²) in [5.74, 6) is 0.137. The van der Waals surface area contributed by atoms with E-state index in [0.29, 0.717) is 11.7 Å². The molecule has 1 aliphatic carbocycles. The van der Waals surface area contributed by atoms with Crippen LogP contribution >= 0.6 is 34.4 Å². The normalized spacial score (nSPS) is 12.9. The maximum atomic E-state index is 13.8. The number of carbonyl (C=O) groups excluding carboxylic acids is 1. The highest BCUT2D eigenvalue weighted by Crippen LogP contribution is 2.36. The van der Waals surface area contributed by atoms with Crippen LogP contribution in [0.4, 0.5) is 0 Å². The number of hydrogen-bond acceptors (Lipinski definition) is 6. The largest absolute Gasteiger partial charge is 0.350 e. The molecule has 1 amide bonds. The topological polar surface area (TPSA) is 64.0 Å². The number of carbonyl (C=O) groups is 1. The van der Waals surface area contributed by atoms with E-state index in [4.69, 9.17) is 4.98 Å². The highest BCUT2D eigenvalue weighted by Gasteiger charge is 2.24. The van der Waals surface area contributed by atoms with Gasteiger partial charge in [0, 0.05) is 9.75 Å². The van der Waals surface area contributed by atoms with Gasteiger partial charge in [-0.1, -0.05) is 35.5 Å². The molecule has 4 aromatic rings. The molecule has 1 aromatic carbocycles. The maximum Gasteiger partial charge on any atom is 0.267 e. The minimum Gasteiger partial charge on any atom is -0.350 e. The van der Waals surface area contributed by atoms with Gasteiger partial charge in [0.1, 0.15) is 4.83 Å². The Kier molecular flexibility index (Phi) is 5.92. The van der Waals surface area contributed by atoms with Gasteiger partial charge >= 0.3 is 0 Å². The standard InChI is InChI=1S/C24H23N3O2S3/c1-14-8-9-18(15(2)11-14)27-23(29)21-17-6-3-7-19(17)32-22(21)26-24(27)31-13-20(28)25-12-16-5-4-10-30-16/h4-5,8-11H,3,6-7,12-13H2,1-2H3,(H,25,28). The first-order valence-corrected chi connectivity index (χ1v) is 13.3. The lowest BCUT2D eigenvalue weighted by atomic mass is 10.1. The molecule has 0 unspecified atom stereocenters. The Morgan fingerprint density at radius 3 is 2.91 bits per heavy atom. The maximum absolute atomic E-state index is 13.8. The zero-order valence-corrected chi connectivity index (χ0v) is 20.4. The molecule has 5 nitrogen and oxygen atoms in total. The number of thiophene rings is 2. The summed E-state index contributed by atoms with van der Waals surface area (Å²) in [4.78, 5) is 34.3. The minimum absolute atomic E-state index is 0.0251. The number of nitrogens with zero attached hydrogens (tertiary/aromatic N) is 2. The van der Waals surface area contributed by atoms with Crippen molar-refractivity contribution in [3.05, 3.63) is 72.5 Å². The van der Waals surface area contributed by atoms with Gasteiger partial charge in [0.2, 0.25) is 5.91 Å². The van der Waals surface area contributed by atoms with Crippen molar-refractivity contribution < 1.29 is 4.79 Å². The van der Waals surface area contributed by atoms with Crippen LogP contribution in [0.2, 0.25) is 0 Å². The molecule has 8 heteroatoms. The van der Waals surface area contributed by atoms with Crippen molar-refractivity contribution in [1.29, 1.82) is 0 Å². The van der Waals surface area contributed by atoms with Crippen molar-refractivity contribution in [3.63, 3.8) is 0 Å². The second-order valence-electron chi connectivity index (χ2n) is 8.01. The minimum atomic E-state index is -0.0707. The molecule has 0 radical (unpaired) electrons. The number of fused-ring (bicyclic) bond motifs is 3. The summed E-state index contributed by atoms with van der Waals surface area (Å²) in [7, 11) is 0. The Bertz CT molecular complexity index is 1370. The molecule has 0 bridgehead atoms. The highest BCUT2D eigenvalue weighted by molar-refractivity contribution is 7.99. The summed E-state index contributed by atoms with van der Waals surface area (Å²) in [6, 6.07) is 10.0. The van der Waals surface area contributed by atoms with Crippen LogP contribution in [0.5, 0.6) is 0 Å². The summed E-state index contributed by atoms with van der Waals surface area (Å²) < 4.78 is 1.71. The van der Waals surface area contributed by atoms with E-state index in [-0.39, 0.29) is 17.2 Å². The monoisotopic (exact) mass is 481 g/mol. The van der Waals surface area contributed by atoms with Crippen molar-refractivity contribution in [1.82, 2.24) is 14.9 Å². The molecule has 1 N–H and O–H groups in total. The number of aryl methyl sites for hydroxylation is 4. The summed E-state index contributed by atoms with van der Waals surface area (Å²) in [5.41, 5.74) is 4.14. The fraction of sp³-hybridized carbons (Fsp3) is 0.292. The smallest absolute Gasteiger partial charge is 0.267 e. The summed E-state index contributed by atoms with van der Waals surface area (Å²) in [6.45, 7) is 4.57. The van der Waals surface area contributed by atoms with E-state index < -0.39 is 0 Å². The molecule has 0 atom stereocenters. The molecule has 3 aromatic heterocycles. The number of hydrogen-bond donors (Lipinski definition) is 1. The van der Waals surface area contributed by atoms with Gasteiger partial charge in [0.25, 0.3) is 5.56 Å². The second kappa shape index (κ2) is 8.84. The number of rotatable bonds is 6. The highest BCUT2D eigenvalue weighted by atomic mass is 32.2. The van der Waals surface area contributed by atoms with Gasteiger partial charge in [0.05, 0.1) is 23.4 Å². The van der Waals surface area contributed by atoms with Crippen molar-refractivity contribution in [3.8, 4) is 5.69 Å². The summed E-state index contributed by atoms with van der Waals surface area (Å²) in [5, 5.41) is 6.28. The molecule has 0 fully saturated rings. The number of benzene rings is 1. The quantitative estimate of drug-likeness (QED) is 0.310. The lowest BCUT2D eigenvalue weighted by Gasteiger charge is -2.15. The molecule has 5 rings (SSSR count). The van der Waals surface area contributed by atoms with Gasteiger partial charge in [-0.2, -0.15) is 0 Å². The zero-order chi connectivity index (χ0) is 22.2. The first kappa shape index (κ1) is 21.4. The van der Waals surface area contributed by atoms with Crippen molar-refractivity contribution in [2.45, 2.75) is 44.8 Å². The van der Waals surface area contributed by atoms with Gasteiger partial charge in [-0.05, 0) is 61.7 Å². The van der Waals surface area contributed by atoms with Crippen molar-refractivity contribution in [2.75, 3.05) is 5.75 Å². The average molecular weight is 482 g/mol. The lowest BCUT2D eigenvalue weighted by molar-refractivity contribution is -0.118. The van der Waals surface area contributed by atoms with E-state index in [9.17, 15) is 9.59 Å². The number of aromatic nitrogens is 2. The summed E-state index contributed by atoms with van der Waals surface area (Å²) in [6.07, 6.45) is 3.06. The summed E-state index contributed by atoms with van der Waals surface area (Å²) >= 11 is 4.57. The van der Waals surface area contributed by atoms with E-state index >= 15 is 0 Å². The Morgan fingerprint density at radius 2 is 2.12 bits per heavy atom. The second-order valence-corrected chi connectivity index (χ2v) is 11.1. The molecular weight excluding hydrogens is 458 g/mol. The van der Waals surface area contributed by atoms with Gasteiger partial charge in [-0.3, -0.25) is 14.2 Å². The van der Waals surface area contributed by atoms with Crippen LogP contribution in [0.25, 0.3) is 15.9 Å². The molecule has 164 valence electrons. The van der Waals surface area contributed by atoms with E-state index in [1.807, 2.05) is 43.5 Å². The molecular formula is C24H23N3O2S3. The molecule has 0 saturated carbocycles. The molecule has 1 aliphatic rings. The van der Waals surface area contributed by atoms with Crippen LogP contribution in [0, 0.1) is 13.8 Å². The lowest BCUT2D eigenvalue weighted by Crippen LogP contribution is -2.26. The number of thioether (sulfide) groups is 1. The molecule has 32 heavy (non-hydrogen) atoms. The third-order valence-electron chi connectivity index (χ3n) is 5.67. The number of amides is 1. The van der Waals surface area contributed by atoms with Gasteiger partial charge in [-0.25, -0.2) is 4.98 Å². The van der Waals surface area contributed by atoms with Crippen LogP contribution in [-0.4, -0.2) is 21.2 Å². The van der Waals surface area contributed by atoms with E-state index in [1.54, 1.807) is 27.2 Å². The average Bonchev–Trinajstić information content (AvgIpc) is 3.49. The Balaban J connectivity index is 1.52. The third-order valence-corrected chi connectivity index (χ3v) is 8.67. The Labute approximate surface area is 198 Å². The van der Waals surface area contributed by atoms with Crippen LogP contribution in [0.15, 0.2) is 45.7 Å². The van der Waals surface area contributed by atoms with E-state index in [2.05, 4.69) is 11.4 Å². The molecule has 0 spiro atoms. The third kappa shape index (κ3) is 4.02. The van der Waals surface area contributed by atoms with Crippen molar-refractivity contribution >= 4 is 50.6 Å². The first-order chi connectivity index (χ1) is 15.5. The van der Waals surface area contributed by atoms with Crippen molar-refractivity contribution in [2.24, 2.45) is 0 Å². The number of nitrogens with one attached hydrogen (secondary N) is 1. The SMILES string of the molecule is Cc1ccc(-n2c(SCC(=O)NCc3cccs3)nc3sc4c(c3c2=O)CCC4)c(C)c1. The fourth-order valence-corrected chi connectivity index (χ4v) is 6.95. The predicted octanol–water partition coefficient (Wildman–Crippen LogP) is 5.02. The van der Waals surface area contributed by atoms with Gasteiger partial charge in [0.15, 0.2) is 5.16 Å². The molecule has 0 saturated heterocycles. The van der Waals surface area contributed by atoms with Gasteiger partial charge in [-0.15, -0.1) is 22.7 Å². The van der Waals surface area contributed by atoms with Gasteiger partial charge < -0.3 is 5.32 Å². The predicted molar refractivity (Wildman–Crippen MR) is 134 cm³/mol. The fourth-order valence-electron chi connectivity index (χ4n) is 4.17. The Morgan fingerprint density at radius 1 is 1.25 bits per heavy atom. The van der Waals surface area contributed by atoms with E-state index in [1.165, 1.54) is 22.2 Å². The Hall–Kier alpha value is -2.42. The van der Waals surface area contributed by atoms with Crippen LogP contribution in [0.1, 0.15) is 32.9 Å². The molecule has 3 heterocycles. The van der Waals surface area contributed by atoms with Crippen LogP contribution in [-0.2, 0) is 24.2 Å². The van der Waals surface area contributed by atoms with E-state index in [0.717, 1.165) is 51.2 Å².